The average Bonchev–Trinajstić information content (AvgIpc) is 2.10. The third kappa shape index (κ3) is 66.1. The van der Waals surface area contributed by atoms with Crippen LogP contribution < -0.4 is 30.6 Å². The fourth-order valence-corrected chi connectivity index (χ4v) is 0.204. The normalized spacial score (nSPS) is 6.78. The molecule has 0 bridgehead atoms. The summed E-state index contributed by atoms with van der Waals surface area (Å²) in [5, 5.41) is 54.3. The van der Waals surface area contributed by atoms with E-state index in [0.29, 0.717) is 0 Å². The molecule has 17 heteroatoms. The van der Waals surface area contributed by atoms with Crippen LogP contribution in [-0.4, -0.2) is 36.9 Å². The van der Waals surface area contributed by atoms with Crippen LogP contribution in [0.5, 0.6) is 0 Å². The second kappa shape index (κ2) is 19.5. The fourth-order valence-electron chi connectivity index (χ4n) is 0.204. The molecular weight excluding hydrogens is 696 g/mol. The summed E-state index contributed by atoms with van der Waals surface area (Å²) in [6.45, 7) is 0. The first-order chi connectivity index (χ1) is 9.38. The molecule has 132 valence electrons. The van der Waals surface area contributed by atoms with Crippen molar-refractivity contribution in [3.8, 4) is 0 Å². The van der Waals surface area contributed by atoms with E-state index in [2.05, 4.69) is 14.2 Å². The fraction of sp³-hybridized carbons (Fsp3) is 0. The summed E-state index contributed by atoms with van der Waals surface area (Å²) in [7, 11) is 0. The van der Waals surface area contributed by atoms with E-state index in [1.54, 1.807) is 0 Å². The van der Waals surface area contributed by atoms with Crippen molar-refractivity contribution < 1.29 is 114 Å². The van der Waals surface area contributed by atoms with Crippen molar-refractivity contribution in [2.24, 2.45) is 0 Å². The first kappa shape index (κ1) is 32.5. The van der Waals surface area contributed by atoms with Gasteiger partial charge in [-0.3, -0.25) is 0 Å². The van der Waals surface area contributed by atoms with Gasteiger partial charge < -0.3 is 73.6 Å². The maximum absolute atomic E-state index is 9.06. The van der Waals surface area contributed by atoms with Gasteiger partial charge in [-0.1, -0.05) is 0 Å². The van der Waals surface area contributed by atoms with Gasteiger partial charge in [-0.05, 0) is 0 Å². The Morgan fingerprint density at radius 2 is 0.478 bits per heavy atom. The number of rotatable bonds is 0. The molecule has 0 saturated carbocycles. The van der Waals surface area contributed by atoms with Gasteiger partial charge in [0, 0.05) is 0 Å². The van der Waals surface area contributed by atoms with Gasteiger partial charge in [0.05, 0.1) is 0 Å². The molecule has 23 heavy (non-hydrogen) atoms. The van der Waals surface area contributed by atoms with Crippen molar-refractivity contribution in [1.82, 2.24) is 0 Å². The molecule has 0 aromatic rings. The van der Waals surface area contributed by atoms with E-state index in [-0.39, 0.29) is 40.2 Å². The van der Waals surface area contributed by atoms with Crippen molar-refractivity contribution in [2.45, 2.75) is 0 Å². The summed E-state index contributed by atoms with van der Waals surface area (Å²) < 4.78 is 8.58. The van der Waals surface area contributed by atoms with Crippen LogP contribution in [0, 0.1) is 0 Å². The Kier molecular flexibility index (Phi) is 27.5. The first-order valence-corrected chi connectivity index (χ1v) is 3.67. The van der Waals surface area contributed by atoms with Gasteiger partial charge in [-0.2, -0.15) is 0 Å². The summed E-state index contributed by atoms with van der Waals surface area (Å²) in [6, 6.07) is 0. The van der Waals surface area contributed by atoms with Crippen LogP contribution in [0.3, 0.4) is 0 Å². The van der Waals surface area contributed by atoms with E-state index in [0.717, 1.165) is 0 Å². The smallest absolute Gasteiger partial charge is 0.483 e. The third-order valence-electron chi connectivity index (χ3n) is 0.500. The molecule has 0 unspecified atom stereocenters. The Balaban J connectivity index is -0.0000000675. The Hall–Kier alpha value is -2.48. The second-order valence-electron chi connectivity index (χ2n) is 1.81. The monoisotopic (exact) mass is 698 g/mol. The summed E-state index contributed by atoms with van der Waals surface area (Å²) in [6.07, 6.45) is -12.7. The number of ether oxygens (including phenoxy) is 3. The number of carbonyl (C=O) groups is 6. The summed E-state index contributed by atoms with van der Waals surface area (Å²) in [4.78, 5) is 54.3. The Labute approximate surface area is 151 Å². The molecule has 0 atom stereocenters. The Morgan fingerprint density at radius 3 is 0.478 bits per heavy atom. The van der Waals surface area contributed by atoms with Crippen molar-refractivity contribution in [3.63, 3.8) is 0 Å². The second-order valence-corrected chi connectivity index (χ2v) is 1.81. The number of carbonyl (C=O) groups excluding carboxylic acids is 6. The SMILES string of the molecule is O=C([O-])OC(=O)[O-].O=C([O-])OC(=O)[O-].O=C([O-])OC(=O)[O-].[Ir+3].[Ir+3]. The maximum Gasteiger partial charge on any atom is 3.00 e. The van der Waals surface area contributed by atoms with E-state index in [1.165, 1.54) is 0 Å². The van der Waals surface area contributed by atoms with Crippen molar-refractivity contribution in [2.75, 3.05) is 0 Å². The van der Waals surface area contributed by atoms with Crippen molar-refractivity contribution >= 4 is 36.9 Å². The van der Waals surface area contributed by atoms with E-state index in [9.17, 15) is 0 Å². The van der Waals surface area contributed by atoms with Crippen LogP contribution in [0.15, 0.2) is 0 Å². The van der Waals surface area contributed by atoms with Crippen LogP contribution in [0.4, 0.5) is 28.8 Å². The van der Waals surface area contributed by atoms with E-state index < -0.39 is 36.9 Å². The van der Waals surface area contributed by atoms with Gasteiger partial charge in [-0.25, -0.2) is 0 Å². The molecule has 0 spiro atoms. The van der Waals surface area contributed by atoms with E-state index in [4.69, 9.17) is 59.4 Å². The minimum absolute atomic E-state index is 0. The van der Waals surface area contributed by atoms with Crippen LogP contribution >= 0.6 is 0 Å². The molecule has 0 aliphatic carbocycles. The molecule has 15 nitrogen and oxygen atoms in total. The van der Waals surface area contributed by atoms with Gasteiger partial charge in [0.25, 0.3) is 36.9 Å². The van der Waals surface area contributed by atoms with Crippen molar-refractivity contribution in [3.05, 3.63) is 0 Å². The molecule has 0 N–H and O–H groups in total. The molecule has 0 aliphatic rings. The molecule has 0 radical (unpaired) electrons. The molecule has 0 aromatic carbocycles. The van der Waals surface area contributed by atoms with E-state index in [1.807, 2.05) is 0 Å². The molecule has 0 rings (SSSR count). The molecular formula is C6Ir2O15. The summed E-state index contributed by atoms with van der Waals surface area (Å²) in [5.41, 5.74) is 0. The average molecular weight is 696 g/mol. The molecule has 0 fully saturated rings. The largest absolute Gasteiger partial charge is 3.00 e. The number of hydrogen-bond acceptors (Lipinski definition) is 15. The summed E-state index contributed by atoms with van der Waals surface area (Å²) in [5.74, 6) is 0. The predicted molar refractivity (Wildman–Crippen MR) is 35.6 cm³/mol. The van der Waals surface area contributed by atoms with Crippen LogP contribution in [0.1, 0.15) is 0 Å². The topological polar surface area (TPSA) is 268 Å². The van der Waals surface area contributed by atoms with Gasteiger partial charge in [0.1, 0.15) is 0 Å². The quantitative estimate of drug-likeness (QED) is 0.129. The molecule has 0 aliphatic heterocycles. The minimum atomic E-state index is -2.12. The maximum atomic E-state index is 9.06. The zero-order chi connectivity index (χ0) is 17.6. The van der Waals surface area contributed by atoms with Gasteiger partial charge >= 0.3 is 40.2 Å². The molecule has 0 saturated heterocycles. The number of carboxylic acid groups (broad SMARTS) is 6. The number of hydrogen-bond donors (Lipinski definition) is 0. The van der Waals surface area contributed by atoms with Gasteiger partial charge in [0.15, 0.2) is 0 Å². The van der Waals surface area contributed by atoms with Crippen molar-refractivity contribution in [1.29, 1.82) is 0 Å². The molecule has 0 amide bonds. The zero-order valence-corrected chi connectivity index (χ0v) is 14.6. The minimum Gasteiger partial charge on any atom is -0.483 e. The van der Waals surface area contributed by atoms with Gasteiger partial charge in [0.2, 0.25) is 0 Å². The zero-order valence-electron chi connectivity index (χ0n) is 9.79. The Morgan fingerprint density at radius 1 is 0.391 bits per heavy atom. The van der Waals surface area contributed by atoms with E-state index >= 15 is 0 Å². The summed E-state index contributed by atoms with van der Waals surface area (Å²) >= 11 is 0. The van der Waals surface area contributed by atoms with Crippen LogP contribution in [0.25, 0.3) is 0 Å². The Bertz CT molecular complexity index is 318. The molecule has 0 heterocycles. The predicted octanol–water partition coefficient (Wildman–Crippen LogP) is -6.94. The van der Waals surface area contributed by atoms with Crippen LogP contribution in [0.2, 0.25) is 0 Å². The standard InChI is InChI=1S/3C2H2O5.2Ir/c3*3-1(4)7-2(5)6;;/h3*(H,3,4)(H,5,6);;/q;;;2*+3/p-6. The third-order valence-corrected chi connectivity index (χ3v) is 0.500. The first-order valence-electron chi connectivity index (χ1n) is 3.67. The van der Waals surface area contributed by atoms with Gasteiger partial charge in [-0.15, -0.1) is 0 Å². The van der Waals surface area contributed by atoms with Crippen LogP contribution in [-0.2, 0) is 54.4 Å². The molecule has 0 aromatic heterocycles.